The predicted molar refractivity (Wildman–Crippen MR) is 53.9 cm³/mol. The number of hydrogen-bond donors (Lipinski definition) is 3. The van der Waals surface area contributed by atoms with Crippen LogP contribution in [-0.4, -0.2) is 28.0 Å². The van der Waals surface area contributed by atoms with Crippen LogP contribution in [0.4, 0.5) is 0 Å². The molecule has 1 aromatic rings. The Labute approximate surface area is 86.1 Å². The molecule has 0 radical (unpaired) electrons. The summed E-state index contributed by atoms with van der Waals surface area (Å²) in [6.07, 6.45) is 0. The Hall–Kier alpha value is -2.04. The molecule has 1 amide bonds. The average molecular weight is 206 g/mol. The zero-order valence-corrected chi connectivity index (χ0v) is 8.06. The van der Waals surface area contributed by atoms with Crippen LogP contribution >= 0.6 is 0 Å². The number of carbonyl (C=O) groups excluding carboxylic acids is 1. The summed E-state index contributed by atoms with van der Waals surface area (Å²) < 4.78 is 0. The monoisotopic (exact) mass is 206 g/mol. The molecule has 15 heavy (non-hydrogen) atoms. The first-order valence-corrected chi connectivity index (χ1v) is 4.49. The van der Waals surface area contributed by atoms with E-state index in [1.807, 2.05) is 0 Å². The number of rotatable bonds is 1. The number of nitrogens with zero attached hydrogens (tertiary/aromatic N) is 1. The van der Waals surface area contributed by atoms with Crippen LogP contribution in [0, 0.1) is 0 Å². The second kappa shape index (κ2) is 3.27. The van der Waals surface area contributed by atoms with Gasteiger partial charge in [0.15, 0.2) is 11.5 Å². The highest BCUT2D eigenvalue weighted by molar-refractivity contribution is 6.13. The minimum atomic E-state index is -0.407. The molecule has 1 aromatic carbocycles. The second-order valence-corrected chi connectivity index (χ2v) is 3.35. The van der Waals surface area contributed by atoms with Gasteiger partial charge in [0.05, 0.1) is 0 Å². The van der Waals surface area contributed by atoms with Crippen LogP contribution in [0.1, 0.15) is 12.5 Å². The van der Waals surface area contributed by atoms with Crippen molar-refractivity contribution in [2.45, 2.75) is 13.0 Å². The van der Waals surface area contributed by atoms with Gasteiger partial charge in [0, 0.05) is 5.56 Å². The van der Waals surface area contributed by atoms with E-state index in [9.17, 15) is 9.90 Å². The van der Waals surface area contributed by atoms with Gasteiger partial charge in [0.25, 0.3) is 0 Å². The third-order valence-electron chi connectivity index (χ3n) is 2.19. The maximum atomic E-state index is 11.2. The number of carbonyl (C=O) groups is 1. The minimum Gasteiger partial charge on any atom is -0.504 e. The van der Waals surface area contributed by atoms with Gasteiger partial charge in [-0.25, -0.2) is 0 Å². The molecule has 0 bridgehead atoms. The molecule has 1 unspecified atom stereocenters. The molecule has 2 rings (SSSR count). The lowest BCUT2D eigenvalue weighted by molar-refractivity contribution is -0.119. The summed E-state index contributed by atoms with van der Waals surface area (Å²) in [7, 11) is 0. The lowest BCUT2D eigenvalue weighted by Gasteiger charge is -2.02. The van der Waals surface area contributed by atoms with Crippen LogP contribution in [-0.2, 0) is 4.79 Å². The number of amidine groups is 1. The molecule has 0 fully saturated rings. The Morgan fingerprint density at radius 3 is 2.60 bits per heavy atom. The van der Waals surface area contributed by atoms with Crippen molar-refractivity contribution in [1.29, 1.82) is 0 Å². The van der Waals surface area contributed by atoms with Crippen molar-refractivity contribution in [2.75, 3.05) is 0 Å². The van der Waals surface area contributed by atoms with Gasteiger partial charge in [0.2, 0.25) is 5.91 Å². The van der Waals surface area contributed by atoms with Crippen LogP contribution in [0.15, 0.2) is 23.2 Å². The van der Waals surface area contributed by atoms with Crippen LogP contribution < -0.4 is 5.32 Å². The Bertz CT molecular complexity index is 454. The van der Waals surface area contributed by atoms with E-state index in [0.717, 1.165) is 0 Å². The number of benzene rings is 1. The van der Waals surface area contributed by atoms with Gasteiger partial charge in [-0.05, 0) is 25.1 Å². The van der Waals surface area contributed by atoms with Gasteiger partial charge in [-0.2, -0.15) is 0 Å². The molecule has 3 N–H and O–H groups in total. The van der Waals surface area contributed by atoms with Crippen molar-refractivity contribution in [2.24, 2.45) is 4.99 Å². The zero-order chi connectivity index (χ0) is 11.0. The van der Waals surface area contributed by atoms with E-state index in [4.69, 9.17) is 5.11 Å². The standard InChI is InChI=1S/C10H10N2O3/c1-5-10(15)12-9(11-5)6-2-3-7(13)8(14)4-6/h2-5,13-14H,1H3,(H,11,12,15). The van der Waals surface area contributed by atoms with Crippen molar-refractivity contribution in [3.05, 3.63) is 23.8 Å². The molecular weight excluding hydrogens is 196 g/mol. The lowest BCUT2D eigenvalue weighted by atomic mass is 10.2. The molecule has 0 saturated heterocycles. The van der Waals surface area contributed by atoms with Crippen molar-refractivity contribution in [1.82, 2.24) is 5.32 Å². The number of nitrogens with one attached hydrogen (secondary N) is 1. The number of aromatic hydroxyl groups is 2. The summed E-state index contributed by atoms with van der Waals surface area (Å²) in [4.78, 5) is 15.2. The van der Waals surface area contributed by atoms with E-state index in [1.54, 1.807) is 13.0 Å². The van der Waals surface area contributed by atoms with E-state index in [2.05, 4.69) is 10.3 Å². The Morgan fingerprint density at radius 2 is 2.07 bits per heavy atom. The number of hydrogen-bond acceptors (Lipinski definition) is 4. The Kier molecular flexibility index (Phi) is 2.07. The van der Waals surface area contributed by atoms with Gasteiger partial charge in [-0.3, -0.25) is 9.79 Å². The summed E-state index contributed by atoms with van der Waals surface area (Å²) in [5.41, 5.74) is 0.572. The fraction of sp³-hybridized carbons (Fsp3) is 0.200. The van der Waals surface area contributed by atoms with Gasteiger partial charge < -0.3 is 15.5 Å². The molecule has 1 heterocycles. The normalized spacial score (nSPS) is 19.9. The number of amides is 1. The third kappa shape index (κ3) is 1.63. The molecule has 78 valence electrons. The Balaban J connectivity index is 2.35. The first-order chi connectivity index (χ1) is 7.08. The molecule has 1 atom stereocenters. The van der Waals surface area contributed by atoms with E-state index in [-0.39, 0.29) is 17.4 Å². The van der Waals surface area contributed by atoms with Gasteiger partial charge in [0.1, 0.15) is 11.9 Å². The quantitative estimate of drug-likeness (QED) is 0.580. The smallest absolute Gasteiger partial charge is 0.250 e. The number of phenolic OH excluding ortho intramolecular Hbond substituents is 2. The van der Waals surface area contributed by atoms with Gasteiger partial charge in [-0.1, -0.05) is 0 Å². The fourth-order valence-electron chi connectivity index (χ4n) is 1.32. The van der Waals surface area contributed by atoms with Gasteiger partial charge in [-0.15, -0.1) is 0 Å². The topological polar surface area (TPSA) is 81.9 Å². The highest BCUT2D eigenvalue weighted by Gasteiger charge is 2.22. The van der Waals surface area contributed by atoms with Gasteiger partial charge >= 0.3 is 0 Å². The molecule has 0 aliphatic carbocycles. The van der Waals surface area contributed by atoms with Crippen molar-refractivity contribution < 1.29 is 15.0 Å². The van der Waals surface area contributed by atoms with E-state index < -0.39 is 6.04 Å². The summed E-state index contributed by atoms with van der Waals surface area (Å²) in [5.74, 6) is -0.180. The van der Waals surface area contributed by atoms with Crippen LogP contribution in [0.3, 0.4) is 0 Å². The maximum Gasteiger partial charge on any atom is 0.250 e. The summed E-state index contributed by atoms with van der Waals surface area (Å²) in [5, 5.41) is 21.0. The summed E-state index contributed by atoms with van der Waals surface area (Å²) in [6, 6.07) is 3.87. The highest BCUT2D eigenvalue weighted by atomic mass is 16.3. The number of phenols is 2. The average Bonchev–Trinajstić information content (AvgIpc) is 2.52. The van der Waals surface area contributed by atoms with E-state index >= 15 is 0 Å². The summed E-state index contributed by atoms with van der Waals surface area (Å²) >= 11 is 0. The fourth-order valence-corrected chi connectivity index (χ4v) is 1.32. The summed E-state index contributed by atoms with van der Waals surface area (Å²) in [6.45, 7) is 1.68. The largest absolute Gasteiger partial charge is 0.504 e. The van der Waals surface area contributed by atoms with Crippen LogP contribution in [0.5, 0.6) is 11.5 Å². The van der Waals surface area contributed by atoms with Crippen molar-refractivity contribution in [3.8, 4) is 11.5 Å². The predicted octanol–water partition coefficient (Wildman–Crippen LogP) is 0.363. The highest BCUT2D eigenvalue weighted by Crippen LogP contribution is 2.25. The SMILES string of the molecule is CC1N=C(c2ccc(O)c(O)c2)NC1=O. The Morgan fingerprint density at radius 1 is 1.33 bits per heavy atom. The first-order valence-electron chi connectivity index (χ1n) is 4.49. The van der Waals surface area contributed by atoms with Crippen LogP contribution in [0.2, 0.25) is 0 Å². The van der Waals surface area contributed by atoms with Crippen molar-refractivity contribution in [3.63, 3.8) is 0 Å². The van der Waals surface area contributed by atoms with Crippen molar-refractivity contribution >= 4 is 11.7 Å². The molecule has 0 aromatic heterocycles. The van der Waals surface area contributed by atoms with E-state index in [0.29, 0.717) is 11.4 Å². The lowest BCUT2D eigenvalue weighted by Crippen LogP contribution is -2.27. The third-order valence-corrected chi connectivity index (χ3v) is 2.19. The number of aliphatic imine (C=N–C) groups is 1. The molecule has 1 aliphatic heterocycles. The molecule has 0 saturated carbocycles. The zero-order valence-electron chi connectivity index (χ0n) is 8.06. The molecule has 5 heteroatoms. The molecule has 5 nitrogen and oxygen atoms in total. The van der Waals surface area contributed by atoms with Crippen LogP contribution in [0.25, 0.3) is 0 Å². The first kappa shape index (κ1) is 9.51. The maximum absolute atomic E-state index is 11.2. The molecular formula is C10H10N2O3. The van der Waals surface area contributed by atoms with E-state index in [1.165, 1.54) is 12.1 Å². The molecule has 1 aliphatic rings. The second-order valence-electron chi connectivity index (χ2n) is 3.35. The minimum absolute atomic E-state index is 0.169. The molecule has 0 spiro atoms.